The van der Waals surface area contributed by atoms with E-state index in [2.05, 4.69) is 10.3 Å². The number of pyridine rings is 1. The number of carboxylic acids is 1. The van der Waals surface area contributed by atoms with Gasteiger partial charge in [-0.05, 0) is 25.5 Å². The van der Waals surface area contributed by atoms with E-state index in [9.17, 15) is 13.2 Å². The number of carbonyl (C=O) groups is 1. The van der Waals surface area contributed by atoms with Gasteiger partial charge < -0.3 is 10.4 Å². The third kappa shape index (κ3) is 4.09. The molecule has 0 aliphatic rings. The second kappa shape index (κ2) is 6.08. The molecule has 0 bridgehead atoms. The highest BCUT2D eigenvalue weighted by molar-refractivity contribution is 7.92. The second-order valence-electron chi connectivity index (χ2n) is 4.59. The fourth-order valence-electron chi connectivity index (χ4n) is 1.40. The summed E-state index contributed by atoms with van der Waals surface area (Å²) >= 11 is 0. The highest BCUT2D eigenvalue weighted by atomic mass is 32.2. The summed E-state index contributed by atoms with van der Waals surface area (Å²) in [4.78, 5) is 15.3. The van der Waals surface area contributed by atoms with Gasteiger partial charge >= 0.3 is 5.97 Å². The summed E-state index contributed by atoms with van der Waals surface area (Å²) in [6.45, 7) is 3.90. The van der Waals surface area contributed by atoms with Gasteiger partial charge in [0.2, 0.25) is 10.0 Å². The number of hydrogen-bond donors (Lipinski definition) is 2. The molecule has 2 N–H and O–H groups in total. The molecule has 1 rings (SSSR count). The van der Waals surface area contributed by atoms with Crippen molar-refractivity contribution in [2.24, 2.45) is 0 Å². The van der Waals surface area contributed by atoms with Crippen LogP contribution in [0.3, 0.4) is 0 Å². The van der Waals surface area contributed by atoms with Gasteiger partial charge in [-0.1, -0.05) is 6.92 Å². The number of aromatic nitrogens is 1. The molecule has 8 heteroatoms. The maximum absolute atomic E-state index is 11.5. The van der Waals surface area contributed by atoms with Crippen molar-refractivity contribution >= 4 is 27.6 Å². The average Bonchev–Trinajstić information content (AvgIpc) is 2.36. The lowest BCUT2D eigenvalue weighted by atomic mass is 10.2. The van der Waals surface area contributed by atoms with E-state index in [1.165, 1.54) is 19.2 Å². The van der Waals surface area contributed by atoms with Crippen LogP contribution in [0.1, 0.15) is 30.6 Å². The molecular weight excluding hydrogens is 282 g/mol. The zero-order chi connectivity index (χ0) is 15.5. The lowest BCUT2D eigenvalue weighted by Crippen LogP contribution is -2.26. The van der Waals surface area contributed by atoms with Crippen LogP contribution in [0, 0.1) is 0 Å². The van der Waals surface area contributed by atoms with Crippen LogP contribution in [0.2, 0.25) is 0 Å². The maximum Gasteiger partial charge on any atom is 0.335 e. The van der Waals surface area contributed by atoms with Gasteiger partial charge in [-0.15, -0.1) is 0 Å². The molecule has 1 heterocycles. The molecule has 7 nitrogen and oxygen atoms in total. The molecule has 0 aliphatic heterocycles. The molecule has 0 saturated carbocycles. The van der Waals surface area contributed by atoms with Crippen molar-refractivity contribution in [1.82, 2.24) is 4.98 Å². The molecule has 0 fully saturated rings. The van der Waals surface area contributed by atoms with Crippen LogP contribution in [0.15, 0.2) is 12.1 Å². The zero-order valence-electron chi connectivity index (χ0n) is 11.9. The minimum atomic E-state index is -3.50. The van der Waals surface area contributed by atoms with E-state index in [0.29, 0.717) is 5.82 Å². The van der Waals surface area contributed by atoms with Crippen molar-refractivity contribution in [2.45, 2.75) is 26.3 Å². The van der Waals surface area contributed by atoms with Crippen LogP contribution in [0.4, 0.5) is 11.6 Å². The van der Waals surface area contributed by atoms with E-state index in [0.717, 1.165) is 17.0 Å². The van der Waals surface area contributed by atoms with E-state index in [-0.39, 0.29) is 17.4 Å². The molecule has 1 aromatic rings. The van der Waals surface area contributed by atoms with Gasteiger partial charge in [0.05, 0.1) is 11.8 Å². The summed E-state index contributed by atoms with van der Waals surface area (Å²) in [5.41, 5.74) is -0.0173. The summed E-state index contributed by atoms with van der Waals surface area (Å²) in [5.74, 6) is -0.731. The molecule has 0 radical (unpaired) electrons. The Morgan fingerprint density at radius 2 is 2.10 bits per heavy atom. The Hall–Kier alpha value is -1.83. The molecule has 112 valence electrons. The van der Waals surface area contributed by atoms with Gasteiger partial charge in [0.15, 0.2) is 0 Å². The fraction of sp³-hybridized carbons (Fsp3) is 0.500. The third-order valence-electron chi connectivity index (χ3n) is 2.89. The molecule has 0 saturated heterocycles. The minimum Gasteiger partial charge on any atom is -0.478 e. The molecular formula is C12H19N3O4S. The quantitative estimate of drug-likeness (QED) is 0.823. The van der Waals surface area contributed by atoms with Crippen molar-refractivity contribution in [3.05, 3.63) is 17.7 Å². The van der Waals surface area contributed by atoms with Crippen molar-refractivity contribution < 1.29 is 18.3 Å². The molecule has 0 aliphatic carbocycles. The Bertz CT molecular complexity index is 601. The first kappa shape index (κ1) is 16.2. The van der Waals surface area contributed by atoms with Crippen LogP contribution >= 0.6 is 0 Å². The monoisotopic (exact) mass is 301 g/mol. The predicted octanol–water partition coefficient (Wildman–Crippen LogP) is 1.39. The van der Waals surface area contributed by atoms with Gasteiger partial charge in [0.25, 0.3) is 0 Å². The maximum atomic E-state index is 11.5. The Balaban J connectivity index is 3.28. The van der Waals surface area contributed by atoms with Crippen LogP contribution in [0.5, 0.6) is 0 Å². The summed E-state index contributed by atoms with van der Waals surface area (Å²) in [6.07, 6.45) is 1.86. The number of sulfonamides is 1. The molecule has 0 aromatic carbocycles. The summed E-state index contributed by atoms with van der Waals surface area (Å²) in [7, 11) is -2.17. The van der Waals surface area contributed by atoms with E-state index >= 15 is 0 Å². The van der Waals surface area contributed by atoms with E-state index in [1.807, 2.05) is 13.8 Å². The van der Waals surface area contributed by atoms with Crippen LogP contribution in [0.25, 0.3) is 0 Å². The van der Waals surface area contributed by atoms with Crippen LogP contribution < -0.4 is 9.62 Å². The number of carboxylic acid groups (broad SMARTS) is 1. The molecule has 0 amide bonds. The second-order valence-corrected chi connectivity index (χ2v) is 6.60. The number of nitrogens with one attached hydrogen (secondary N) is 1. The lowest BCUT2D eigenvalue weighted by molar-refractivity contribution is 0.0697. The summed E-state index contributed by atoms with van der Waals surface area (Å²) in [6, 6.07) is 2.71. The predicted molar refractivity (Wildman–Crippen MR) is 77.8 cm³/mol. The summed E-state index contributed by atoms with van der Waals surface area (Å²) < 4.78 is 24.0. The SMILES string of the molecule is CCC(C)Nc1cc(C(=O)O)cc(N(C)S(C)(=O)=O)n1. The smallest absolute Gasteiger partial charge is 0.335 e. The Labute approximate surface area is 118 Å². The molecule has 1 aromatic heterocycles. The van der Waals surface area contributed by atoms with Crippen LogP contribution in [-0.2, 0) is 10.0 Å². The molecule has 20 heavy (non-hydrogen) atoms. The lowest BCUT2D eigenvalue weighted by Gasteiger charge is -2.19. The largest absolute Gasteiger partial charge is 0.478 e. The van der Waals surface area contributed by atoms with Crippen molar-refractivity contribution in [3.8, 4) is 0 Å². The number of rotatable bonds is 6. The highest BCUT2D eigenvalue weighted by Gasteiger charge is 2.17. The first-order valence-electron chi connectivity index (χ1n) is 6.11. The minimum absolute atomic E-state index is 0.0173. The summed E-state index contributed by atoms with van der Waals surface area (Å²) in [5, 5.41) is 12.1. The van der Waals surface area contributed by atoms with Crippen LogP contribution in [-0.4, -0.2) is 43.8 Å². The molecule has 1 atom stereocenters. The third-order valence-corrected chi connectivity index (χ3v) is 4.07. The molecule has 1 unspecified atom stereocenters. The average molecular weight is 301 g/mol. The van der Waals surface area contributed by atoms with E-state index in [4.69, 9.17) is 5.11 Å². The van der Waals surface area contributed by atoms with Gasteiger partial charge in [0, 0.05) is 13.1 Å². The Kier molecular flexibility index (Phi) is 4.93. The number of hydrogen-bond acceptors (Lipinski definition) is 5. The fourth-order valence-corrected chi connectivity index (χ4v) is 1.83. The Morgan fingerprint density at radius 3 is 2.55 bits per heavy atom. The number of nitrogens with zero attached hydrogens (tertiary/aromatic N) is 2. The van der Waals surface area contributed by atoms with E-state index in [1.54, 1.807) is 0 Å². The van der Waals surface area contributed by atoms with Gasteiger partial charge in [-0.25, -0.2) is 18.2 Å². The first-order chi connectivity index (χ1) is 9.15. The van der Waals surface area contributed by atoms with Gasteiger partial charge in [0.1, 0.15) is 11.6 Å². The highest BCUT2D eigenvalue weighted by Crippen LogP contribution is 2.20. The zero-order valence-corrected chi connectivity index (χ0v) is 12.7. The van der Waals surface area contributed by atoms with Crippen molar-refractivity contribution in [3.63, 3.8) is 0 Å². The number of aromatic carboxylic acids is 1. The van der Waals surface area contributed by atoms with Gasteiger partial charge in [-0.2, -0.15) is 0 Å². The van der Waals surface area contributed by atoms with E-state index < -0.39 is 16.0 Å². The first-order valence-corrected chi connectivity index (χ1v) is 7.95. The topological polar surface area (TPSA) is 99.6 Å². The van der Waals surface area contributed by atoms with Crippen molar-refractivity contribution in [1.29, 1.82) is 0 Å². The molecule has 0 spiro atoms. The standard InChI is InChI=1S/C12H19N3O4S/c1-5-8(2)13-10-6-9(12(16)17)7-11(14-10)15(3)20(4,18)19/h6-8H,5H2,1-4H3,(H,13,14)(H,16,17). The number of anilines is 2. The van der Waals surface area contributed by atoms with Gasteiger partial charge in [-0.3, -0.25) is 4.31 Å². The normalized spacial score (nSPS) is 12.8. The Morgan fingerprint density at radius 1 is 1.50 bits per heavy atom. The van der Waals surface area contributed by atoms with Crippen molar-refractivity contribution in [2.75, 3.05) is 22.9 Å².